The van der Waals surface area contributed by atoms with Gasteiger partial charge in [-0.05, 0) is 24.8 Å². The van der Waals surface area contributed by atoms with Crippen LogP contribution in [0, 0.1) is 0 Å². The van der Waals surface area contributed by atoms with Crippen LogP contribution in [-0.4, -0.2) is 35.4 Å². The van der Waals surface area contributed by atoms with Gasteiger partial charge in [-0.25, -0.2) is 0 Å². The predicted molar refractivity (Wildman–Crippen MR) is 73.6 cm³/mol. The summed E-state index contributed by atoms with van der Waals surface area (Å²) in [6, 6.07) is 0.495. The molecule has 1 aromatic rings. The number of hydrogen-bond donors (Lipinski definition) is 2. The van der Waals surface area contributed by atoms with Crippen molar-refractivity contribution in [2.24, 2.45) is 12.0 Å². The van der Waals surface area contributed by atoms with Crippen molar-refractivity contribution in [1.82, 2.24) is 20.4 Å². The molecule has 0 atom stereocenters. The third-order valence-electron chi connectivity index (χ3n) is 3.04. The second-order valence-electron chi connectivity index (χ2n) is 4.56. The largest absolute Gasteiger partial charge is 0.356 e. The van der Waals surface area contributed by atoms with Gasteiger partial charge in [0.15, 0.2) is 5.96 Å². The van der Waals surface area contributed by atoms with Crippen LogP contribution in [0.15, 0.2) is 29.5 Å². The maximum Gasteiger partial charge on any atom is 0.191 e. The fourth-order valence-electron chi connectivity index (χ4n) is 2.05. The second kappa shape index (κ2) is 6.23. The first kappa shape index (κ1) is 12.7. The van der Waals surface area contributed by atoms with Crippen molar-refractivity contribution in [2.75, 3.05) is 13.6 Å². The lowest BCUT2D eigenvalue weighted by atomic mass is 10.2. The first-order valence-electron chi connectivity index (χ1n) is 6.37. The molecular weight excluding hydrogens is 226 g/mol. The monoisotopic (exact) mass is 247 g/mol. The van der Waals surface area contributed by atoms with E-state index < -0.39 is 0 Å². The zero-order valence-electron chi connectivity index (χ0n) is 11.1. The van der Waals surface area contributed by atoms with Crippen LogP contribution < -0.4 is 10.6 Å². The Labute approximate surface area is 108 Å². The fourth-order valence-corrected chi connectivity index (χ4v) is 2.05. The molecule has 1 aliphatic carbocycles. The van der Waals surface area contributed by atoms with Gasteiger partial charge in [0.1, 0.15) is 0 Å². The molecule has 2 rings (SSSR count). The molecule has 0 spiro atoms. The Morgan fingerprint density at radius 2 is 2.28 bits per heavy atom. The van der Waals surface area contributed by atoms with Crippen molar-refractivity contribution in [3.63, 3.8) is 0 Å². The number of aliphatic imine (C=N–C) groups is 1. The standard InChI is InChI=1S/C13H21N5/c1-14-13(17-12-5-3-4-6-12)15-8-7-11-9-16-18(2)10-11/h3-4,9-10,12H,5-8H2,1-2H3,(H2,14,15,17). The van der Waals surface area contributed by atoms with E-state index in [-0.39, 0.29) is 0 Å². The Morgan fingerprint density at radius 3 is 2.89 bits per heavy atom. The molecule has 0 aliphatic heterocycles. The van der Waals surface area contributed by atoms with E-state index in [9.17, 15) is 0 Å². The maximum absolute atomic E-state index is 4.23. The molecule has 2 N–H and O–H groups in total. The highest BCUT2D eigenvalue weighted by Crippen LogP contribution is 2.08. The highest BCUT2D eigenvalue weighted by molar-refractivity contribution is 5.80. The number of nitrogens with zero attached hydrogens (tertiary/aromatic N) is 3. The van der Waals surface area contributed by atoms with Crippen LogP contribution in [0.4, 0.5) is 0 Å². The van der Waals surface area contributed by atoms with Crippen molar-refractivity contribution in [3.05, 3.63) is 30.1 Å². The summed E-state index contributed by atoms with van der Waals surface area (Å²) in [5, 5.41) is 10.9. The van der Waals surface area contributed by atoms with Crippen LogP contribution >= 0.6 is 0 Å². The summed E-state index contributed by atoms with van der Waals surface area (Å²) in [5.41, 5.74) is 1.24. The van der Waals surface area contributed by atoms with Crippen LogP contribution in [-0.2, 0) is 13.5 Å². The van der Waals surface area contributed by atoms with E-state index in [4.69, 9.17) is 0 Å². The van der Waals surface area contributed by atoms with E-state index in [0.29, 0.717) is 6.04 Å². The topological polar surface area (TPSA) is 54.2 Å². The molecule has 1 heterocycles. The zero-order chi connectivity index (χ0) is 12.8. The molecule has 0 aromatic carbocycles. The molecule has 0 saturated carbocycles. The summed E-state index contributed by atoms with van der Waals surface area (Å²) in [6.07, 6.45) is 11.5. The summed E-state index contributed by atoms with van der Waals surface area (Å²) >= 11 is 0. The first-order valence-corrected chi connectivity index (χ1v) is 6.37. The van der Waals surface area contributed by atoms with E-state index in [2.05, 4.69) is 32.9 Å². The highest BCUT2D eigenvalue weighted by Gasteiger charge is 2.11. The molecule has 18 heavy (non-hydrogen) atoms. The number of aryl methyl sites for hydroxylation is 1. The molecule has 0 radical (unpaired) electrons. The van der Waals surface area contributed by atoms with Crippen molar-refractivity contribution >= 4 is 5.96 Å². The van der Waals surface area contributed by atoms with Gasteiger partial charge in [-0.15, -0.1) is 0 Å². The number of hydrogen-bond acceptors (Lipinski definition) is 2. The van der Waals surface area contributed by atoms with Gasteiger partial charge < -0.3 is 10.6 Å². The van der Waals surface area contributed by atoms with E-state index >= 15 is 0 Å². The van der Waals surface area contributed by atoms with Gasteiger partial charge in [0.2, 0.25) is 0 Å². The summed E-state index contributed by atoms with van der Waals surface area (Å²) in [5.74, 6) is 0.882. The summed E-state index contributed by atoms with van der Waals surface area (Å²) in [7, 11) is 3.74. The highest BCUT2D eigenvalue weighted by atomic mass is 15.2. The third-order valence-corrected chi connectivity index (χ3v) is 3.04. The lowest BCUT2D eigenvalue weighted by Gasteiger charge is -2.16. The molecule has 0 bridgehead atoms. The number of nitrogens with one attached hydrogen (secondary N) is 2. The van der Waals surface area contributed by atoms with Gasteiger partial charge in [0.05, 0.1) is 6.20 Å². The molecular formula is C13H21N5. The summed E-state index contributed by atoms with van der Waals surface area (Å²) in [6.45, 7) is 0.867. The van der Waals surface area contributed by atoms with Gasteiger partial charge in [-0.3, -0.25) is 9.67 Å². The zero-order valence-corrected chi connectivity index (χ0v) is 11.1. The van der Waals surface area contributed by atoms with Crippen LogP contribution in [0.5, 0.6) is 0 Å². The maximum atomic E-state index is 4.23. The molecule has 1 aliphatic rings. The summed E-state index contributed by atoms with van der Waals surface area (Å²) < 4.78 is 1.83. The number of rotatable bonds is 4. The lowest BCUT2D eigenvalue weighted by molar-refractivity contribution is 0.633. The van der Waals surface area contributed by atoms with Gasteiger partial charge in [0.25, 0.3) is 0 Å². The van der Waals surface area contributed by atoms with Crippen molar-refractivity contribution in [2.45, 2.75) is 25.3 Å². The number of aromatic nitrogens is 2. The van der Waals surface area contributed by atoms with Crippen LogP contribution in [0.25, 0.3) is 0 Å². The van der Waals surface area contributed by atoms with Crippen molar-refractivity contribution in [3.8, 4) is 0 Å². The molecule has 0 fully saturated rings. The normalized spacial score (nSPS) is 16.2. The molecule has 98 valence electrons. The van der Waals surface area contributed by atoms with Crippen LogP contribution in [0.1, 0.15) is 18.4 Å². The van der Waals surface area contributed by atoms with Gasteiger partial charge in [0, 0.05) is 32.9 Å². The second-order valence-corrected chi connectivity index (χ2v) is 4.56. The Kier molecular flexibility index (Phi) is 4.39. The van der Waals surface area contributed by atoms with Crippen LogP contribution in [0.3, 0.4) is 0 Å². The quantitative estimate of drug-likeness (QED) is 0.471. The van der Waals surface area contributed by atoms with Gasteiger partial charge in [-0.1, -0.05) is 12.2 Å². The fraction of sp³-hybridized carbons (Fsp3) is 0.538. The Balaban J connectivity index is 1.70. The molecule has 0 amide bonds. The van der Waals surface area contributed by atoms with E-state index in [1.165, 1.54) is 5.56 Å². The Morgan fingerprint density at radius 1 is 1.50 bits per heavy atom. The number of guanidine groups is 1. The average molecular weight is 247 g/mol. The lowest BCUT2D eigenvalue weighted by Crippen LogP contribution is -2.43. The predicted octanol–water partition coefficient (Wildman–Crippen LogP) is 0.846. The Hall–Kier alpha value is -1.78. The van der Waals surface area contributed by atoms with Gasteiger partial charge >= 0.3 is 0 Å². The Bertz CT molecular complexity index is 424. The smallest absolute Gasteiger partial charge is 0.191 e. The minimum Gasteiger partial charge on any atom is -0.356 e. The minimum absolute atomic E-state index is 0.495. The average Bonchev–Trinajstić information content (AvgIpc) is 3.00. The van der Waals surface area contributed by atoms with Crippen molar-refractivity contribution < 1.29 is 0 Å². The molecule has 1 aromatic heterocycles. The third kappa shape index (κ3) is 3.61. The minimum atomic E-state index is 0.495. The van der Waals surface area contributed by atoms with Crippen LogP contribution in [0.2, 0.25) is 0 Å². The first-order chi connectivity index (χ1) is 8.78. The SMILES string of the molecule is CN=C(NCCc1cnn(C)c1)NC1CC=CC1. The van der Waals surface area contributed by atoms with E-state index in [0.717, 1.165) is 31.8 Å². The molecule has 0 unspecified atom stereocenters. The summed E-state index contributed by atoms with van der Waals surface area (Å²) in [4.78, 5) is 4.23. The van der Waals surface area contributed by atoms with E-state index in [1.807, 2.05) is 31.2 Å². The molecule has 0 saturated heterocycles. The van der Waals surface area contributed by atoms with E-state index in [1.54, 1.807) is 0 Å². The van der Waals surface area contributed by atoms with Crippen molar-refractivity contribution in [1.29, 1.82) is 0 Å². The van der Waals surface area contributed by atoms with Gasteiger partial charge in [-0.2, -0.15) is 5.10 Å². The molecule has 5 nitrogen and oxygen atoms in total. The molecule has 5 heteroatoms.